The predicted octanol–water partition coefficient (Wildman–Crippen LogP) is 3.08. The van der Waals surface area contributed by atoms with E-state index in [0.717, 1.165) is 10.5 Å². The molecule has 120 valence electrons. The Hall–Kier alpha value is -1.79. The van der Waals surface area contributed by atoms with E-state index in [-0.39, 0.29) is 0 Å². The third-order valence-corrected chi connectivity index (χ3v) is 6.87. The Morgan fingerprint density at radius 2 is 1.78 bits per heavy atom. The van der Waals surface area contributed by atoms with E-state index in [9.17, 15) is 13.2 Å². The third-order valence-electron chi connectivity index (χ3n) is 3.99. The lowest BCUT2D eigenvalue weighted by molar-refractivity contribution is -0.120. The Morgan fingerprint density at radius 1 is 1.13 bits per heavy atom. The summed E-state index contributed by atoms with van der Waals surface area (Å²) in [5.41, 5.74) is 1.56. The van der Waals surface area contributed by atoms with Crippen molar-refractivity contribution in [3.8, 4) is 0 Å². The summed E-state index contributed by atoms with van der Waals surface area (Å²) in [6.07, 6.45) is 0. The monoisotopic (exact) mass is 347 g/mol. The molecule has 0 bridgehead atoms. The van der Waals surface area contributed by atoms with Crippen molar-refractivity contribution in [2.24, 2.45) is 0 Å². The van der Waals surface area contributed by atoms with Crippen molar-refractivity contribution in [2.45, 2.75) is 23.0 Å². The van der Waals surface area contributed by atoms with E-state index in [1.807, 2.05) is 30.3 Å². The van der Waals surface area contributed by atoms with Gasteiger partial charge in [-0.3, -0.25) is 9.52 Å². The number of fused-ring (bicyclic) bond motifs is 1. The number of rotatable bonds is 4. The van der Waals surface area contributed by atoms with Gasteiger partial charge in [0.1, 0.15) is 5.25 Å². The van der Waals surface area contributed by atoms with Crippen LogP contribution < -0.4 is 4.72 Å². The standard InChI is InChI=1S/C17H17NO3S2/c1-12(13-7-3-2-4-8-13)23(20,21)18-17(19)15-11-22-16-10-6-5-9-14(15)16/h2-10,12,15H,11H2,1H3,(H,18,19)/t12-,15+/m1/s1. The minimum Gasteiger partial charge on any atom is -0.273 e. The second-order valence-corrected chi connectivity index (χ2v) is 8.53. The summed E-state index contributed by atoms with van der Waals surface area (Å²) in [6.45, 7) is 1.59. The topological polar surface area (TPSA) is 63.2 Å². The zero-order valence-corrected chi connectivity index (χ0v) is 14.2. The minimum absolute atomic E-state index is 0.422. The van der Waals surface area contributed by atoms with Gasteiger partial charge in [-0.25, -0.2) is 8.42 Å². The van der Waals surface area contributed by atoms with E-state index >= 15 is 0 Å². The van der Waals surface area contributed by atoms with Crippen LogP contribution in [-0.2, 0) is 14.8 Å². The Morgan fingerprint density at radius 3 is 2.52 bits per heavy atom. The fourth-order valence-corrected chi connectivity index (χ4v) is 4.93. The SMILES string of the molecule is C[C@H](c1ccccc1)S(=O)(=O)NC(=O)[C@H]1CSc2ccccc21. The molecule has 3 rings (SSSR count). The smallest absolute Gasteiger partial charge is 0.241 e. The lowest BCUT2D eigenvalue weighted by Crippen LogP contribution is -2.37. The highest BCUT2D eigenvalue weighted by Crippen LogP contribution is 2.39. The highest BCUT2D eigenvalue weighted by Gasteiger charge is 2.33. The largest absolute Gasteiger partial charge is 0.273 e. The Kier molecular flexibility index (Phi) is 4.46. The highest BCUT2D eigenvalue weighted by atomic mass is 32.2. The molecule has 0 spiro atoms. The second kappa shape index (κ2) is 6.37. The molecule has 0 radical (unpaired) electrons. The van der Waals surface area contributed by atoms with Crippen LogP contribution in [0.25, 0.3) is 0 Å². The van der Waals surface area contributed by atoms with E-state index in [0.29, 0.717) is 11.3 Å². The number of nitrogens with one attached hydrogen (secondary N) is 1. The quantitative estimate of drug-likeness (QED) is 0.923. The molecule has 0 fully saturated rings. The Balaban J connectivity index is 1.78. The Bertz CT molecular complexity index is 819. The van der Waals surface area contributed by atoms with E-state index in [4.69, 9.17) is 0 Å². The van der Waals surface area contributed by atoms with Crippen LogP contribution in [-0.4, -0.2) is 20.1 Å². The van der Waals surface area contributed by atoms with E-state index < -0.39 is 27.1 Å². The van der Waals surface area contributed by atoms with Crippen LogP contribution in [0, 0.1) is 0 Å². The molecule has 0 aliphatic carbocycles. The second-order valence-electron chi connectivity index (χ2n) is 5.47. The van der Waals surface area contributed by atoms with E-state index in [1.165, 1.54) is 0 Å². The fourth-order valence-electron chi connectivity index (χ4n) is 2.58. The molecule has 1 heterocycles. The van der Waals surface area contributed by atoms with Gasteiger partial charge >= 0.3 is 0 Å². The van der Waals surface area contributed by atoms with Crippen molar-refractivity contribution in [1.82, 2.24) is 4.72 Å². The molecular weight excluding hydrogens is 330 g/mol. The van der Waals surface area contributed by atoms with Gasteiger partial charge < -0.3 is 0 Å². The maximum atomic E-state index is 12.5. The molecule has 1 amide bonds. The summed E-state index contributed by atoms with van der Waals surface area (Å²) in [5.74, 6) is -0.306. The summed E-state index contributed by atoms with van der Waals surface area (Å²) in [5, 5.41) is -0.781. The number of carbonyl (C=O) groups is 1. The average Bonchev–Trinajstić information content (AvgIpc) is 2.98. The summed E-state index contributed by atoms with van der Waals surface area (Å²) in [4.78, 5) is 13.5. The average molecular weight is 347 g/mol. The van der Waals surface area contributed by atoms with Crippen LogP contribution in [0.4, 0.5) is 0 Å². The van der Waals surface area contributed by atoms with Crippen molar-refractivity contribution < 1.29 is 13.2 Å². The van der Waals surface area contributed by atoms with Gasteiger partial charge in [0.2, 0.25) is 15.9 Å². The predicted molar refractivity (Wildman–Crippen MR) is 91.8 cm³/mol. The molecule has 4 nitrogen and oxygen atoms in total. The first kappa shape index (κ1) is 16.1. The summed E-state index contributed by atoms with van der Waals surface area (Å²) < 4.78 is 27.2. The van der Waals surface area contributed by atoms with Gasteiger partial charge in [0.15, 0.2) is 0 Å². The van der Waals surface area contributed by atoms with E-state index in [2.05, 4.69) is 4.72 Å². The van der Waals surface area contributed by atoms with Gasteiger partial charge in [0, 0.05) is 10.6 Å². The number of carbonyl (C=O) groups excluding carboxylic acids is 1. The molecule has 0 unspecified atom stereocenters. The van der Waals surface area contributed by atoms with Crippen LogP contribution in [0.3, 0.4) is 0 Å². The van der Waals surface area contributed by atoms with Crippen LogP contribution >= 0.6 is 11.8 Å². The van der Waals surface area contributed by atoms with Crippen LogP contribution in [0.15, 0.2) is 59.5 Å². The minimum atomic E-state index is -3.76. The first-order chi connectivity index (χ1) is 11.0. The summed E-state index contributed by atoms with van der Waals surface area (Å²) in [6, 6.07) is 16.5. The molecule has 23 heavy (non-hydrogen) atoms. The van der Waals surface area contributed by atoms with Crippen molar-refractivity contribution in [3.63, 3.8) is 0 Å². The van der Waals surface area contributed by atoms with Gasteiger partial charge in [-0.2, -0.15) is 0 Å². The van der Waals surface area contributed by atoms with Crippen molar-refractivity contribution in [2.75, 3.05) is 5.75 Å². The highest BCUT2D eigenvalue weighted by molar-refractivity contribution is 7.99. The number of hydrogen-bond acceptors (Lipinski definition) is 4. The van der Waals surface area contributed by atoms with Crippen molar-refractivity contribution in [3.05, 3.63) is 65.7 Å². The van der Waals surface area contributed by atoms with E-state index in [1.54, 1.807) is 43.0 Å². The molecule has 0 saturated heterocycles. The Labute approximate surface area is 140 Å². The molecule has 2 aromatic rings. The first-order valence-corrected chi connectivity index (χ1v) is 9.84. The first-order valence-electron chi connectivity index (χ1n) is 7.31. The number of hydrogen-bond donors (Lipinski definition) is 1. The van der Waals surface area contributed by atoms with Crippen molar-refractivity contribution >= 4 is 27.7 Å². The maximum Gasteiger partial charge on any atom is 0.241 e. The number of amides is 1. The molecular formula is C17H17NO3S2. The molecule has 0 aromatic heterocycles. The van der Waals surface area contributed by atoms with Crippen molar-refractivity contribution in [1.29, 1.82) is 0 Å². The maximum absolute atomic E-state index is 12.5. The zero-order valence-electron chi connectivity index (χ0n) is 12.6. The summed E-state index contributed by atoms with van der Waals surface area (Å²) >= 11 is 1.58. The molecule has 1 aliphatic rings. The number of sulfonamides is 1. The van der Waals surface area contributed by atoms with Gasteiger partial charge in [-0.1, -0.05) is 48.5 Å². The third kappa shape index (κ3) is 3.28. The van der Waals surface area contributed by atoms with Gasteiger partial charge in [-0.05, 0) is 24.1 Å². The van der Waals surface area contributed by atoms with Gasteiger partial charge in [-0.15, -0.1) is 11.8 Å². The molecule has 6 heteroatoms. The van der Waals surface area contributed by atoms with Crippen LogP contribution in [0.5, 0.6) is 0 Å². The molecule has 1 N–H and O–H groups in total. The molecule has 0 saturated carbocycles. The van der Waals surface area contributed by atoms with Gasteiger partial charge in [0.05, 0.1) is 5.92 Å². The number of benzene rings is 2. The molecule has 2 atom stereocenters. The fraction of sp³-hybridized carbons (Fsp3) is 0.235. The number of thioether (sulfide) groups is 1. The zero-order chi connectivity index (χ0) is 16.4. The van der Waals surface area contributed by atoms with Crippen LogP contribution in [0.2, 0.25) is 0 Å². The normalized spacial score (nSPS) is 18.2. The van der Waals surface area contributed by atoms with Gasteiger partial charge in [0.25, 0.3) is 0 Å². The van der Waals surface area contributed by atoms with Crippen LogP contribution in [0.1, 0.15) is 29.2 Å². The molecule has 1 aliphatic heterocycles. The summed E-state index contributed by atoms with van der Waals surface area (Å²) in [7, 11) is -3.76. The lowest BCUT2D eigenvalue weighted by atomic mass is 10.0. The lowest BCUT2D eigenvalue weighted by Gasteiger charge is -2.16. The molecule has 2 aromatic carbocycles.